The number of rotatable bonds is 7. The van der Waals surface area contributed by atoms with Crippen molar-refractivity contribution in [1.82, 2.24) is 9.80 Å². The first kappa shape index (κ1) is 25.6. The second-order valence-corrected chi connectivity index (χ2v) is 10.8. The highest BCUT2D eigenvalue weighted by atomic mass is 35.5. The van der Waals surface area contributed by atoms with Gasteiger partial charge < -0.3 is 10.4 Å². The third-order valence-corrected chi connectivity index (χ3v) is 8.04. The third kappa shape index (κ3) is 6.38. The minimum absolute atomic E-state index is 0.0144. The molecule has 0 amide bonds. The van der Waals surface area contributed by atoms with Crippen molar-refractivity contribution in [2.75, 3.05) is 38.0 Å². The highest BCUT2D eigenvalue weighted by Crippen LogP contribution is 2.36. The van der Waals surface area contributed by atoms with E-state index >= 15 is 0 Å². The lowest BCUT2D eigenvalue weighted by Gasteiger charge is -2.42. The number of carboxylic acids is 1. The Morgan fingerprint density at radius 1 is 1.06 bits per heavy atom. The highest BCUT2D eigenvalue weighted by molar-refractivity contribution is 6.35. The minimum atomic E-state index is -0.737. The van der Waals surface area contributed by atoms with Gasteiger partial charge in [0.25, 0.3) is 0 Å². The van der Waals surface area contributed by atoms with Crippen LogP contribution in [0.4, 0.5) is 5.69 Å². The number of halogens is 3. The molecule has 0 spiro atoms. The largest absolute Gasteiger partial charge is 0.480 e. The molecule has 0 aliphatic carbocycles. The van der Waals surface area contributed by atoms with Crippen molar-refractivity contribution in [3.8, 4) is 0 Å². The van der Waals surface area contributed by atoms with E-state index in [0.29, 0.717) is 27.0 Å². The molecule has 0 saturated carbocycles. The Hall–Kier alpha value is -1.50. The summed E-state index contributed by atoms with van der Waals surface area (Å²) < 4.78 is 0. The number of benzene rings is 2. The van der Waals surface area contributed by atoms with E-state index in [-0.39, 0.29) is 12.6 Å². The van der Waals surface area contributed by atoms with Crippen LogP contribution in [0, 0.1) is 0 Å². The monoisotopic (exact) mass is 523 g/mol. The fraction of sp³-hybridized carbons (Fsp3) is 0.500. The molecular weight excluding hydrogens is 493 g/mol. The summed E-state index contributed by atoms with van der Waals surface area (Å²) in [5.74, 6) is -0.249. The smallest absolute Gasteiger partial charge is 0.317 e. The normalized spacial score (nSPS) is 21.4. The lowest BCUT2D eigenvalue weighted by Crippen LogP contribution is -2.51. The van der Waals surface area contributed by atoms with Crippen molar-refractivity contribution in [3.05, 3.63) is 62.6 Å². The Labute approximate surface area is 217 Å². The van der Waals surface area contributed by atoms with E-state index in [1.807, 2.05) is 18.2 Å². The molecule has 2 fully saturated rings. The zero-order valence-electron chi connectivity index (χ0n) is 19.4. The van der Waals surface area contributed by atoms with Crippen LogP contribution < -0.4 is 5.32 Å². The molecule has 184 valence electrons. The molecule has 4 rings (SSSR count). The van der Waals surface area contributed by atoms with Crippen LogP contribution in [-0.4, -0.2) is 59.6 Å². The summed E-state index contributed by atoms with van der Waals surface area (Å²) in [5, 5.41) is 14.6. The van der Waals surface area contributed by atoms with E-state index in [1.165, 1.54) is 5.56 Å². The van der Waals surface area contributed by atoms with Crippen molar-refractivity contribution in [1.29, 1.82) is 0 Å². The first-order valence-corrected chi connectivity index (χ1v) is 13.1. The van der Waals surface area contributed by atoms with Gasteiger partial charge in [-0.05, 0) is 93.6 Å². The zero-order chi connectivity index (χ0) is 24.2. The maximum atomic E-state index is 11.1. The van der Waals surface area contributed by atoms with Crippen LogP contribution in [0.15, 0.2) is 36.4 Å². The number of hydrogen-bond donors (Lipinski definition) is 2. The van der Waals surface area contributed by atoms with Crippen molar-refractivity contribution < 1.29 is 9.90 Å². The van der Waals surface area contributed by atoms with Gasteiger partial charge in [-0.15, -0.1) is 0 Å². The number of likely N-dealkylation sites (tertiary alicyclic amines) is 2. The molecule has 2 saturated heterocycles. The van der Waals surface area contributed by atoms with Crippen LogP contribution in [0.1, 0.15) is 55.7 Å². The van der Waals surface area contributed by atoms with Crippen LogP contribution >= 0.6 is 34.8 Å². The average molecular weight is 525 g/mol. The fourth-order valence-electron chi connectivity index (χ4n) is 5.33. The summed E-state index contributed by atoms with van der Waals surface area (Å²) in [7, 11) is 0. The summed E-state index contributed by atoms with van der Waals surface area (Å²) in [6, 6.07) is 12.3. The maximum Gasteiger partial charge on any atom is 0.317 e. The predicted molar refractivity (Wildman–Crippen MR) is 141 cm³/mol. The van der Waals surface area contributed by atoms with Gasteiger partial charge in [0.05, 0.1) is 23.3 Å². The predicted octanol–water partition coefficient (Wildman–Crippen LogP) is 6.55. The Bertz CT molecular complexity index is 1010. The molecule has 1 unspecified atom stereocenters. The van der Waals surface area contributed by atoms with Crippen molar-refractivity contribution in [3.63, 3.8) is 0 Å². The van der Waals surface area contributed by atoms with Crippen molar-refractivity contribution in [2.45, 2.75) is 50.6 Å². The van der Waals surface area contributed by atoms with Crippen LogP contribution in [0.3, 0.4) is 0 Å². The molecule has 2 aromatic carbocycles. The van der Waals surface area contributed by atoms with Gasteiger partial charge in [0, 0.05) is 22.6 Å². The van der Waals surface area contributed by atoms with Crippen LogP contribution in [0.5, 0.6) is 0 Å². The summed E-state index contributed by atoms with van der Waals surface area (Å²) in [4.78, 5) is 15.7. The van der Waals surface area contributed by atoms with Gasteiger partial charge in [-0.1, -0.05) is 46.9 Å². The molecule has 0 bridgehead atoms. The molecule has 0 aromatic heterocycles. The summed E-state index contributed by atoms with van der Waals surface area (Å²) >= 11 is 19.0. The van der Waals surface area contributed by atoms with E-state index in [0.717, 1.165) is 63.1 Å². The second kappa shape index (κ2) is 11.5. The molecule has 8 heteroatoms. The highest BCUT2D eigenvalue weighted by Gasteiger charge is 2.30. The number of carboxylic acid groups (broad SMARTS) is 1. The number of hydrogen-bond acceptors (Lipinski definition) is 4. The van der Waals surface area contributed by atoms with Gasteiger partial charge in [-0.25, -0.2) is 0 Å². The van der Waals surface area contributed by atoms with Gasteiger partial charge >= 0.3 is 5.97 Å². The molecule has 34 heavy (non-hydrogen) atoms. The number of nitrogens with zero attached hydrogens (tertiary/aromatic N) is 2. The van der Waals surface area contributed by atoms with Crippen LogP contribution in [0.2, 0.25) is 15.1 Å². The first-order chi connectivity index (χ1) is 16.3. The van der Waals surface area contributed by atoms with Crippen molar-refractivity contribution in [2.24, 2.45) is 0 Å². The summed E-state index contributed by atoms with van der Waals surface area (Å²) in [5.41, 5.74) is 3.19. The number of nitrogens with one attached hydrogen (secondary N) is 1. The standard InChI is InChI=1S/C26H32Cl3N3O2/c1-17(22-6-5-20(27)14-24(22)29)30-25-13-19(4-7-23(25)28)18-8-11-32(12-9-18)21-3-2-10-31(15-21)16-26(33)34/h4-7,13-14,17-18,21,30H,2-3,8-12,15-16H2,1H3,(H,33,34)/t17?,21-/m0/s1. The molecule has 2 aliphatic rings. The molecular formula is C26H32Cl3N3O2. The number of piperidine rings is 2. The van der Waals surface area contributed by atoms with Crippen LogP contribution in [0.25, 0.3) is 0 Å². The molecule has 5 nitrogen and oxygen atoms in total. The molecule has 2 atom stereocenters. The molecule has 2 N–H and O–H groups in total. The Balaban J connectivity index is 1.37. The van der Waals surface area contributed by atoms with Gasteiger partial charge in [-0.3, -0.25) is 14.6 Å². The van der Waals surface area contributed by atoms with Gasteiger partial charge in [0.2, 0.25) is 0 Å². The topological polar surface area (TPSA) is 55.8 Å². The number of anilines is 1. The van der Waals surface area contributed by atoms with Crippen LogP contribution in [-0.2, 0) is 4.79 Å². The summed E-state index contributed by atoms with van der Waals surface area (Å²) in [6.07, 6.45) is 4.41. The van der Waals surface area contributed by atoms with E-state index in [2.05, 4.69) is 34.2 Å². The average Bonchev–Trinajstić information content (AvgIpc) is 2.80. The van der Waals surface area contributed by atoms with Gasteiger partial charge in [-0.2, -0.15) is 0 Å². The Morgan fingerprint density at radius 2 is 1.82 bits per heavy atom. The van der Waals surface area contributed by atoms with E-state index in [1.54, 1.807) is 6.07 Å². The zero-order valence-corrected chi connectivity index (χ0v) is 21.7. The first-order valence-electron chi connectivity index (χ1n) is 12.0. The minimum Gasteiger partial charge on any atom is -0.480 e. The quantitative estimate of drug-likeness (QED) is 0.430. The van der Waals surface area contributed by atoms with Gasteiger partial charge in [0.15, 0.2) is 0 Å². The molecule has 0 radical (unpaired) electrons. The van der Waals surface area contributed by atoms with E-state index in [4.69, 9.17) is 39.9 Å². The SMILES string of the molecule is CC(Nc1cc(C2CCN([C@H]3CCCN(CC(=O)O)C3)CC2)ccc1Cl)c1ccc(Cl)cc1Cl. The molecule has 2 aromatic rings. The molecule has 2 aliphatic heterocycles. The van der Waals surface area contributed by atoms with E-state index in [9.17, 15) is 4.79 Å². The Kier molecular flexibility index (Phi) is 8.65. The van der Waals surface area contributed by atoms with E-state index < -0.39 is 5.97 Å². The summed E-state index contributed by atoms with van der Waals surface area (Å²) in [6.45, 7) is 6.04. The molecule has 2 heterocycles. The maximum absolute atomic E-state index is 11.1. The second-order valence-electron chi connectivity index (χ2n) is 9.51. The Morgan fingerprint density at radius 3 is 2.53 bits per heavy atom. The number of aliphatic carboxylic acids is 1. The lowest BCUT2D eigenvalue weighted by atomic mass is 9.88. The van der Waals surface area contributed by atoms with Gasteiger partial charge in [0.1, 0.15) is 0 Å². The number of carbonyl (C=O) groups is 1. The van der Waals surface area contributed by atoms with Crippen molar-refractivity contribution >= 4 is 46.5 Å². The lowest BCUT2D eigenvalue weighted by molar-refractivity contribution is -0.138. The third-order valence-electron chi connectivity index (χ3n) is 7.15. The fourth-order valence-corrected chi connectivity index (χ4v) is 6.08.